The zero-order valence-electron chi connectivity index (χ0n) is 19.3. The maximum absolute atomic E-state index is 14.5. The molecule has 1 fully saturated rings. The van der Waals surface area contributed by atoms with Crippen molar-refractivity contribution in [2.75, 3.05) is 27.2 Å². The zero-order chi connectivity index (χ0) is 24.1. The van der Waals surface area contributed by atoms with E-state index >= 15 is 0 Å². The topological polar surface area (TPSA) is 62.7 Å². The third kappa shape index (κ3) is 5.12. The molecule has 1 atom stereocenters. The minimum absolute atomic E-state index is 0.0602. The minimum Gasteiger partial charge on any atom is -0.480 e. The molecule has 6 nitrogen and oxygen atoms in total. The molecule has 0 aliphatic carbocycles. The number of pyridine rings is 1. The fourth-order valence-electron chi connectivity index (χ4n) is 4.61. The van der Waals surface area contributed by atoms with Gasteiger partial charge in [-0.05, 0) is 60.4 Å². The monoisotopic (exact) mass is 481 g/mol. The first kappa shape index (κ1) is 23.9. The quantitative estimate of drug-likeness (QED) is 0.498. The molecule has 178 valence electrons. The van der Waals surface area contributed by atoms with E-state index in [1.807, 2.05) is 23.6 Å². The molecule has 0 bridgehead atoms. The van der Waals surface area contributed by atoms with Crippen LogP contribution in [0.5, 0.6) is 5.88 Å². The van der Waals surface area contributed by atoms with E-state index in [0.29, 0.717) is 41.4 Å². The average molecular weight is 482 g/mol. The van der Waals surface area contributed by atoms with Crippen molar-refractivity contribution in [2.45, 2.75) is 25.3 Å². The summed E-state index contributed by atoms with van der Waals surface area (Å²) in [5.41, 5.74) is 1.04. The molecule has 3 aromatic rings. The molecule has 1 saturated heterocycles. The SMILES string of the molecule is COc1ncccc1C(=O)N1CCC(C(Cc2ccccc2F)N(C)C(=O)c2cccs2)CC1. The summed E-state index contributed by atoms with van der Waals surface area (Å²) in [5, 5.41) is 1.88. The van der Waals surface area contributed by atoms with Gasteiger partial charge in [0.05, 0.1) is 12.0 Å². The molecule has 4 rings (SSSR count). The van der Waals surface area contributed by atoms with Gasteiger partial charge in [-0.2, -0.15) is 0 Å². The lowest BCUT2D eigenvalue weighted by Crippen LogP contribution is -2.48. The third-order valence-electron chi connectivity index (χ3n) is 6.50. The molecule has 2 amide bonds. The van der Waals surface area contributed by atoms with Crippen molar-refractivity contribution in [1.82, 2.24) is 14.8 Å². The van der Waals surface area contributed by atoms with Gasteiger partial charge in [-0.25, -0.2) is 9.37 Å². The number of thiophene rings is 1. The van der Waals surface area contributed by atoms with Crippen LogP contribution in [0.15, 0.2) is 60.1 Å². The zero-order valence-corrected chi connectivity index (χ0v) is 20.1. The first-order chi connectivity index (χ1) is 16.5. The second-order valence-electron chi connectivity index (χ2n) is 8.45. The van der Waals surface area contributed by atoms with Crippen LogP contribution in [0.25, 0.3) is 0 Å². The van der Waals surface area contributed by atoms with Gasteiger partial charge in [0.25, 0.3) is 11.8 Å². The molecular formula is C26H28FN3O3S. The number of nitrogens with zero attached hydrogens (tertiary/aromatic N) is 3. The number of likely N-dealkylation sites (tertiary alicyclic amines) is 1. The molecule has 8 heteroatoms. The van der Waals surface area contributed by atoms with Gasteiger partial charge in [-0.1, -0.05) is 24.3 Å². The Kier molecular flexibility index (Phi) is 7.57. The summed E-state index contributed by atoms with van der Waals surface area (Å²) in [7, 11) is 3.30. The smallest absolute Gasteiger partial charge is 0.263 e. The number of hydrogen-bond acceptors (Lipinski definition) is 5. The lowest BCUT2D eigenvalue weighted by Gasteiger charge is -2.40. The van der Waals surface area contributed by atoms with Crippen LogP contribution in [-0.4, -0.2) is 59.9 Å². The highest BCUT2D eigenvalue weighted by atomic mass is 32.1. The van der Waals surface area contributed by atoms with Crippen LogP contribution in [0.1, 0.15) is 38.4 Å². The maximum Gasteiger partial charge on any atom is 0.263 e. The molecule has 2 aromatic heterocycles. The van der Waals surface area contributed by atoms with E-state index in [-0.39, 0.29) is 29.6 Å². The lowest BCUT2D eigenvalue weighted by atomic mass is 9.84. The fourth-order valence-corrected chi connectivity index (χ4v) is 5.31. The van der Waals surface area contributed by atoms with Crippen molar-refractivity contribution in [3.8, 4) is 5.88 Å². The van der Waals surface area contributed by atoms with Crippen molar-refractivity contribution < 1.29 is 18.7 Å². The van der Waals surface area contributed by atoms with Gasteiger partial charge in [0, 0.05) is 32.4 Å². The van der Waals surface area contributed by atoms with Crippen LogP contribution in [0.2, 0.25) is 0 Å². The maximum atomic E-state index is 14.5. The summed E-state index contributed by atoms with van der Waals surface area (Å²) in [6.07, 6.45) is 3.45. The molecule has 1 unspecified atom stereocenters. The summed E-state index contributed by atoms with van der Waals surface area (Å²) >= 11 is 1.40. The van der Waals surface area contributed by atoms with E-state index in [2.05, 4.69) is 4.98 Å². The predicted molar refractivity (Wildman–Crippen MR) is 130 cm³/mol. The molecule has 0 radical (unpaired) electrons. The summed E-state index contributed by atoms with van der Waals surface area (Å²) in [4.78, 5) is 34.6. The predicted octanol–water partition coefficient (Wildman–Crippen LogP) is 4.53. The number of halogens is 1. The second kappa shape index (κ2) is 10.8. The number of likely N-dealkylation sites (N-methyl/N-ethyl adjacent to an activating group) is 1. The Balaban J connectivity index is 1.51. The van der Waals surface area contributed by atoms with Crippen LogP contribution in [-0.2, 0) is 6.42 Å². The van der Waals surface area contributed by atoms with Gasteiger partial charge in [0.1, 0.15) is 11.4 Å². The van der Waals surface area contributed by atoms with Crippen LogP contribution < -0.4 is 4.74 Å². The molecule has 1 aromatic carbocycles. The Bertz CT molecular complexity index is 1130. The molecule has 0 saturated carbocycles. The number of benzene rings is 1. The molecule has 1 aliphatic heterocycles. The summed E-state index contributed by atoms with van der Waals surface area (Å²) in [5.74, 6) is 0.00876. The van der Waals surface area contributed by atoms with Gasteiger partial charge in [-0.15, -0.1) is 11.3 Å². The number of carbonyl (C=O) groups excluding carboxylic acids is 2. The van der Waals surface area contributed by atoms with E-state index < -0.39 is 0 Å². The molecule has 0 N–H and O–H groups in total. The second-order valence-corrected chi connectivity index (χ2v) is 9.39. The highest BCUT2D eigenvalue weighted by Gasteiger charge is 2.34. The van der Waals surface area contributed by atoms with E-state index in [4.69, 9.17) is 4.74 Å². The highest BCUT2D eigenvalue weighted by molar-refractivity contribution is 7.12. The van der Waals surface area contributed by atoms with Gasteiger partial charge in [-0.3, -0.25) is 9.59 Å². The van der Waals surface area contributed by atoms with E-state index in [1.165, 1.54) is 24.5 Å². The van der Waals surface area contributed by atoms with Crippen molar-refractivity contribution in [3.05, 3.63) is 81.9 Å². The molecule has 3 heterocycles. The van der Waals surface area contributed by atoms with Gasteiger partial charge in [0.2, 0.25) is 5.88 Å². The normalized spacial score (nSPS) is 15.1. The first-order valence-corrected chi connectivity index (χ1v) is 12.2. The minimum atomic E-state index is -0.263. The molecule has 0 spiro atoms. The van der Waals surface area contributed by atoms with Crippen LogP contribution in [0.4, 0.5) is 4.39 Å². The first-order valence-electron chi connectivity index (χ1n) is 11.3. The Morgan fingerprint density at radius 2 is 1.94 bits per heavy atom. The largest absolute Gasteiger partial charge is 0.480 e. The van der Waals surface area contributed by atoms with Gasteiger partial charge in [0.15, 0.2) is 0 Å². The van der Waals surface area contributed by atoms with Crippen molar-refractivity contribution in [1.29, 1.82) is 0 Å². The lowest BCUT2D eigenvalue weighted by molar-refractivity contribution is 0.0522. The number of ether oxygens (including phenoxy) is 1. The van der Waals surface area contributed by atoms with Crippen LogP contribution in [0, 0.1) is 11.7 Å². The summed E-state index contributed by atoms with van der Waals surface area (Å²) in [6.45, 7) is 1.10. The average Bonchev–Trinajstić information content (AvgIpc) is 3.42. The fraction of sp³-hybridized carbons (Fsp3) is 0.346. The van der Waals surface area contributed by atoms with E-state index in [1.54, 1.807) is 47.3 Å². The summed E-state index contributed by atoms with van der Waals surface area (Å²) in [6, 6.07) is 13.6. The Hall–Kier alpha value is -3.26. The van der Waals surface area contributed by atoms with Crippen LogP contribution >= 0.6 is 11.3 Å². The standard InChI is InChI=1S/C26H28FN3O3S/c1-29(26(32)23-10-6-16-34-23)22(17-19-7-3-4-9-21(19)27)18-11-14-30(15-12-18)25(31)20-8-5-13-28-24(20)33-2/h3-10,13,16,18,22H,11-12,14-15,17H2,1-2H3. The number of piperidine rings is 1. The molecule has 34 heavy (non-hydrogen) atoms. The number of rotatable bonds is 7. The Labute approximate surface area is 203 Å². The number of aromatic nitrogens is 1. The number of amides is 2. The van der Waals surface area contributed by atoms with Crippen molar-refractivity contribution >= 4 is 23.2 Å². The number of hydrogen-bond donors (Lipinski definition) is 0. The van der Waals surface area contributed by atoms with Gasteiger partial charge >= 0.3 is 0 Å². The Morgan fingerprint density at radius 1 is 1.18 bits per heavy atom. The highest BCUT2D eigenvalue weighted by Crippen LogP contribution is 2.30. The molecular weight excluding hydrogens is 453 g/mol. The Morgan fingerprint density at radius 3 is 2.62 bits per heavy atom. The van der Waals surface area contributed by atoms with Crippen molar-refractivity contribution in [3.63, 3.8) is 0 Å². The summed E-state index contributed by atoms with van der Waals surface area (Å²) < 4.78 is 19.8. The van der Waals surface area contributed by atoms with E-state index in [9.17, 15) is 14.0 Å². The van der Waals surface area contributed by atoms with E-state index in [0.717, 1.165) is 12.8 Å². The van der Waals surface area contributed by atoms with Crippen molar-refractivity contribution in [2.24, 2.45) is 5.92 Å². The van der Waals surface area contributed by atoms with Gasteiger partial charge < -0.3 is 14.5 Å². The number of carbonyl (C=O) groups is 2. The van der Waals surface area contributed by atoms with Crippen LogP contribution in [0.3, 0.4) is 0 Å². The molecule has 1 aliphatic rings. The number of methoxy groups -OCH3 is 1. The third-order valence-corrected chi connectivity index (χ3v) is 7.36.